The highest BCUT2D eigenvalue weighted by molar-refractivity contribution is 6.31. The third-order valence-electron chi connectivity index (χ3n) is 3.30. The molecule has 1 aromatic carbocycles. The molecule has 0 heterocycles. The quantitative estimate of drug-likeness (QED) is 0.823. The maximum absolute atomic E-state index is 13.8. The molecule has 108 valence electrons. The van der Waals surface area contributed by atoms with E-state index < -0.39 is 0 Å². The number of benzene rings is 1. The number of rotatable bonds is 7. The first kappa shape index (κ1) is 16.4. The number of hydrogen-bond acceptors (Lipinski definition) is 2. The fourth-order valence-corrected chi connectivity index (χ4v) is 2.40. The van der Waals surface area contributed by atoms with E-state index in [9.17, 15) is 4.39 Å². The van der Waals surface area contributed by atoms with Gasteiger partial charge < -0.3 is 10.1 Å². The van der Waals surface area contributed by atoms with Crippen LogP contribution >= 0.6 is 11.6 Å². The summed E-state index contributed by atoms with van der Waals surface area (Å²) in [6.07, 6.45) is 1.36. The molecule has 1 aromatic rings. The van der Waals surface area contributed by atoms with E-state index in [0.29, 0.717) is 17.0 Å². The summed E-state index contributed by atoms with van der Waals surface area (Å²) in [5.74, 6) is -0.245. The Bertz CT molecular complexity index is 389. The fourth-order valence-electron chi connectivity index (χ4n) is 2.16. The average molecular weight is 288 g/mol. The van der Waals surface area contributed by atoms with Crippen molar-refractivity contribution in [3.05, 3.63) is 34.6 Å². The molecule has 0 fully saturated rings. The summed E-state index contributed by atoms with van der Waals surface area (Å²) in [5.41, 5.74) is 0.326. The summed E-state index contributed by atoms with van der Waals surface area (Å²) < 4.78 is 19.3. The summed E-state index contributed by atoms with van der Waals surface area (Å²) in [6.45, 7) is 6.92. The van der Waals surface area contributed by atoms with Gasteiger partial charge in [0, 0.05) is 23.7 Å². The Morgan fingerprint density at radius 3 is 2.63 bits per heavy atom. The van der Waals surface area contributed by atoms with Crippen molar-refractivity contribution < 1.29 is 9.13 Å². The van der Waals surface area contributed by atoms with Crippen molar-refractivity contribution in [1.82, 2.24) is 5.32 Å². The van der Waals surface area contributed by atoms with Crippen LogP contribution in [-0.2, 0) is 11.2 Å². The third-order valence-corrected chi connectivity index (χ3v) is 3.65. The van der Waals surface area contributed by atoms with Crippen LogP contribution in [0.2, 0.25) is 5.02 Å². The second-order valence-electron chi connectivity index (χ2n) is 5.33. The minimum Gasteiger partial charge on any atom is -0.379 e. The normalized spacial score (nSPS) is 13.6. The zero-order valence-corrected chi connectivity index (χ0v) is 12.9. The molecule has 0 bridgehead atoms. The molecule has 0 aliphatic heterocycles. The van der Waals surface area contributed by atoms with Gasteiger partial charge in [0.05, 0.1) is 5.60 Å². The van der Waals surface area contributed by atoms with E-state index >= 15 is 0 Å². The number of halogens is 2. The number of ether oxygens (including phenoxy) is 1. The Balaban J connectivity index is 2.84. The van der Waals surface area contributed by atoms with Crippen molar-refractivity contribution in [3.8, 4) is 0 Å². The van der Waals surface area contributed by atoms with E-state index in [2.05, 4.69) is 5.32 Å². The predicted octanol–water partition coefficient (Wildman–Crippen LogP) is 3.81. The minimum atomic E-state index is -0.245. The van der Waals surface area contributed by atoms with E-state index in [-0.39, 0.29) is 17.5 Å². The molecular weight excluding hydrogens is 265 g/mol. The molecule has 4 heteroatoms. The first-order valence-corrected chi connectivity index (χ1v) is 6.99. The molecule has 1 rings (SSSR count). The minimum absolute atomic E-state index is 0.134. The SMILES string of the molecule is CCNC(Cc1c(F)cccc1Cl)CC(C)(C)OC. The highest BCUT2D eigenvalue weighted by Gasteiger charge is 2.24. The largest absolute Gasteiger partial charge is 0.379 e. The highest BCUT2D eigenvalue weighted by Crippen LogP contribution is 2.24. The van der Waals surface area contributed by atoms with Crippen molar-refractivity contribution in [3.63, 3.8) is 0 Å². The lowest BCUT2D eigenvalue weighted by Crippen LogP contribution is -2.39. The van der Waals surface area contributed by atoms with Gasteiger partial charge in [-0.1, -0.05) is 24.6 Å². The standard InChI is InChI=1S/C15H23ClFNO/c1-5-18-11(10-15(2,3)19-4)9-12-13(16)7-6-8-14(12)17/h6-8,11,18H,5,9-10H2,1-4H3. The highest BCUT2D eigenvalue weighted by atomic mass is 35.5. The molecular formula is C15H23ClFNO. The summed E-state index contributed by atoms with van der Waals surface area (Å²) >= 11 is 6.08. The van der Waals surface area contributed by atoms with Gasteiger partial charge in [0.2, 0.25) is 0 Å². The first-order valence-electron chi connectivity index (χ1n) is 6.61. The third kappa shape index (κ3) is 5.09. The number of methoxy groups -OCH3 is 1. The Morgan fingerprint density at radius 2 is 2.11 bits per heavy atom. The molecule has 19 heavy (non-hydrogen) atoms. The fraction of sp³-hybridized carbons (Fsp3) is 0.600. The molecule has 2 nitrogen and oxygen atoms in total. The Kier molecular flexibility index (Phi) is 6.24. The van der Waals surface area contributed by atoms with Gasteiger partial charge in [-0.05, 0) is 45.4 Å². The van der Waals surface area contributed by atoms with Crippen LogP contribution in [0.15, 0.2) is 18.2 Å². The maximum atomic E-state index is 13.8. The van der Waals surface area contributed by atoms with Gasteiger partial charge in [-0.2, -0.15) is 0 Å². The molecule has 0 spiro atoms. The number of nitrogens with one attached hydrogen (secondary N) is 1. The molecule has 0 saturated carbocycles. The van der Waals surface area contributed by atoms with Crippen LogP contribution in [0.4, 0.5) is 4.39 Å². The molecule has 0 aliphatic carbocycles. The number of likely N-dealkylation sites (N-methyl/N-ethyl adjacent to an activating group) is 1. The van der Waals surface area contributed by atoms with E-state index in [1.54, 1.807) is 19.2 Å². The van der Waals surface area contributed by atoms with Crippen LogP contribution in [0, 0.1) is 5.82 Å². The lowest BCUT2D eigenvalue weighted by atomic mass is 9.93. The molecule has 0 amide bonds. The lowest BCUT2D eigenvalue weighted by molar-refractivity contribution is 0.00720. The van der Waals surface area contributed by atoms with Gasteiger partial charge in [0.25, 0.3) is 0 Å². The lowest BCUT2D eigenvalue weighted by Gasteiger charge is -2.29. The van der Waals surface area contributed by atoms with Crippen LogP contribution in [0.5, 0.6) is 0 Å². The van der Waals surface area contributed by atoms with Gasteiger partial charge >= 0.3 is 0 Å². The van der Waals surface area contributed by atoms with Crippen molar-refractivity contribution >= 4 is 11.6 Å². The zero-order valence-electron chi connectivity index (χ0n) is 12.1. The molecule has 1 atom stereocenters. The van der Waals surface area contributed by atoms with Crippen LogP contribution < -0.4 is 5.32 Å². The van der Waals surface area contributed by atoms with Crippen LogP contribution in [0.25, 0.3) is 0 Å². The Morgan fingerprint density at radius 1 is 1.42 bits per heavy atom. The monoisotopic (exact) mass is 287 g/mol. The molecule has 0 aromatic heterocycles. The van der Waals surface area contributed by atoms with Crippen LogP contribution in [0.3, 0.4) is 0 Å². The molecule has 1 unspecified atom stereocenters. The van der Waals surface area contributed by atoms with E-state index in [4.69, 9.17) is 16.3 Å². The second-order valence-corrected chi connectivity index (χ2v) is 5.73. The van der Waals surface area contributed by atoms with Gasteiger partial charge in [-0.25, -0.2) is 4.39 Å². The van der Waals surface area contributed by atoms with Crippen LogP contribution in [-0.4, -0.2) is 25.3 Å². The summed E-state index contributed by atoms with van der Waals surface area (Å²) in [4.78, 5) is 0. The Hall–Kier alpha value is -0.640. The van der Waals surface area contributed by atoms with Crippen LogP contribution in [0.1, 0.15) is 32.8 Å². The molecule has 0 radical (unpaired) electrons. The van der Waals surface area contributed by atoms with Gasteiger partial charge in [-0.3, -0.25) is 0 Å². The molecule has 1 N–H and O–H groups in total. The summed E-state index contributed by atoms with van der Waals surface area (Å²) in [5, 5.41) is 3.86. The second kappa shape index (κ2) is 7.22. The number of hydrogen-bond donors (Lipinski definition) is 1. The van der Waals surface area contributed by atoms with E-state index in [1.165, 1.54) is 6.07 Å². The first-order chi connectivity index (χ1) is 8.89. The Labute approximate surface area is 120 Å². The summed E-state index contributed by atoms with van der Waals surface area (Å²) in [7, 11) is 1.69. The topological polar surface area (TPSA) is 21.3 Å². The molecule has 0 saturated heterocycles. The van der Waals surface area contributed by atoms with Gasteiger partial charge in [0.15, 0.2) is 0 Å². The maximum Gasteiger partial charge on any atom is 0.127 e. The zero-order chi connectivity index (χ0) is 14.5. The van der Waals surface area contributed by atoms with Crippen molar-refractivity contribution in [2.24, 2.45) is 0 Å². The van der Waals surface area contributed by atoms with Crippen molar-refractivity contribution in [2.75, 3.05) is 13.7 Å². The van der Waals surface area contributed by atoms with Gasteiger partial charge in [0.1, 0.15) is 5.82 Å². The average Bonchev–Trinajstić information content (AvgIpc) is 2.34. The van der Waals surface area contributed by atoms with Gasteiger partial charge in [-0.15, -0.1) is 0 Å². The van der Waals surface area contributed by atoms with E-state index in [0.717, 1.165) is 13.0 Å². The van der Waals surface area contributed by atoms with Crippen molar-refractivity contribution in [1.29, 1.82) is 0 Å². The predicted molar refractivity (Wildman–Crippen MR) is 78.3 cm³/mol. The van der Waals surface area contributed by atoms with Crippen molar-refractivity contribution in [2.45, 2.75) is 45.3 Å². The smallest absolute Gasteiger partial charge is 0.127 e. The summed E-state index contributed by atoms with van der Waals surface area (Å²) in [6, 6.07) is 4.94. The van der Waals surface area contributed by atoms with E-state index in [1.807, 2.05) is 20.8 Å². The molecule has 0 aliphatic rings.